The van der Waals surface area contributed by atoms with E-state index in [1.807, 2.05) is 0 Å². The molecule has 106 valence electrons. The predicted octanol–water partition coefficient (Wildman–Crippen LogP) is 4.19. The number of rotatable bonds is 4. The second kappa shape index (κ2) is 6.87. The molecule has 3 heteroatoms. The van der Waals surface area contributed by atoms with E-state index < -0.39 is 5.60 Å². The molecule has 1 unspecified atom stereocenters. The standard InChI is InChI=1S/C16H24BrNO/c1-13(14-6-8-15(17)9-7-14)18-12-16(19)10-4-2-3-5-11-16/h6-9,13,18-19H,2-5,10-12H2,1H3. The summed E-state index contributed by atoms with van der Waals surface area (Å²) in [5.74, 6) is 0. The Morgan fingerprint density at radius 1 is 1.16 bits per heavy atom. The first-order valence-electron chi connectivity index (χ1n) is 7.30. The van der Waals surface area contributed by atoms with Gasteiger partial charge < -0.3 is 10.4 Å². The van der Waals surface area contributed by atoms with E-state index in [-0.39, 0.29) is 6.04 Å². The first kappa shape index (κ1) is 15.0. The summed E-state index contributed by atoms with van der Waals surface area (Å²) in [5, 5.41) is 14.1. The Hall–Kier alpha value is -0.380. The molecule has 0 radical (unpaired) electrons. The summed E-state index contributed by atoms with van der Waals surface area (Å²) in [7, 11) is 0. The lowest BCUT2D eigenvalue weighted by Gasteiger charge is -2.29. The van der Waals surface area contributed by atoms with E-state index in [2.05, 4.69) is 52.4 Å². The van der Waals surface area contributed by atoms with Gasteiger partial charge in [-0.15, -0.1) is 0 Å². The van der Waals surface area contributed by atoms with Crippen LogP contribution in [0.4, 0.5) is 0 Å². The molecule has 1 atom stereocenters. The van der Waals surface area contributed by atoms with Crippen LogP contribution in [-0.4, -0.2) is 17.3 Å². The molecule has 1 saturated carbocycles. The number of halogens is 1. The Morgan fingerprint density at radius 2 is 1.74 bits per heavy atom. The fourth-order valence-electron chi connectivity index (χ4n) is 2.78. The molecule has 0 bridgehead atoms. The molecule has 0 heterocycles. The van der Waals surface area contributed by atoms with Crippen molar-refractivity contribution in [3.8, 4) is 0 Å². The minimum absolute atomic E-state index is 0.278. The van der Waals surface area contributed by atoms with Crippen LogP contribution in [0.3, 0.4) is 0 Å². The summed E-state index contributed by atoms with van der Waals surface area (Å²) in [5.41, 5.74) is 0.764. The summed E-state index contributed by atoms with van der Waals surface area (Å²) in [4.78, 5) is 0. The van der Waals surface area contributed by atoms with Crippen LogP contribution in [0, 0.1) is 0 Å². The lowest BCUT2D eigenvalue weighted by atomic mass is 9.94. The molecule has 0 amide bonds. The largest absolute Gasteiger partial charge is 0.389 e. The van der Waals surface area contributed by atoms with Crippen LogP contribution in [0.1, 0.15) is 57.1 Å². The maximum absolute atomic E-state index is 10.6. The summed E-state index contributed by atoms with van der Waals surface area (Å²) in [6.07, 6.45) is 6.73. The lowest BCUT2D eigenvalue weighted by Crippen LogP contribution is -2.41. The molecule has 1 aromatic carbocycles. The summed E-state index contributed by atoms with van der Waals surface area (Å²) in [6.45, 7) is 2.85. The van der Waals surface area contributed by atoms with Gasteiger partial charge in [0.05, 0.1) is 5.60 Å². The van der Waals surface area contributed by atoms with E-state index in [0.29, 0.717) is 6.54 Å². The molecule has 2 rings (SSSR count). The highest BCUT2D eigenvalue weighted by molar-refractivity contribution is 9.10. The Labute approximate surface area is 124 Å². The van der Waals surface area contributed by atoms with Crippen molar-refractivity contribution in [1.29, 1.82) is 0 Å². The molecule has 2 N–H and O–H groups in total. The average molecular weight is 326 g/mol. The minimum atomic E-state index is -0.500. The second-order valence-corrected chi connectivity index (χ2v) is 6.71. The molecule has 0 aliphatic heterocycles. The quantitative estimate of drug-likeness (QED) is 0.814. The molecular formula is C16H24BrNO. The molecule has 1 aromatic rings. The van der Waals surface area contributed by atoms with Crippen molar-refractivity contribution in [3.05, 3.63) is 34.3 Å². The van der Waals surface area contributed by atoms with Gasteiger partial charge in [-0.1, -0.05) is 53.7 Å². The van der Waals surface area contributed by atoms with E-state index in [4.69, 9.17) is 0 Å². The predicted molar refractivity (Wildman–Crippen MR) is 83.2 cm³/mol. The molecule has 1 aliphatic rings. The number of hydrogen-bond donors (Lipinski definition) is 2. The van der Waals surface area contributed by atoms with E-state index in [0.717, 1.165) is 30.2 Å². The van der Waals surface area contributed by atoms with E-state index in [1.165, 1.54) is 18.4 Å². The van der Waals surface area contributed by atoms with Crippen LogP contribution in [0.5, 0.6) is 0 Å². The number of aliphatic hydroxyl groups is 1. The van der Waals surface area contributed by atoms with Gasteiger partial charge in [-0.2, -0.15) is 0 Å². The number of nitrogens with one attached hydrogen (secondary N) is 1. The normalized spacial score (nSPS) is 20.8. The highest BCUT2D eigenvalue weighted by Gasteiger charge is 2.28. The van der Waals surface area contributed by atoms with E-state index >= 15 is 0 Å². The van der Waals surface area contributed by atoms with Gasteiger partial charge in [0.25, 0.3) is 0 Å². The molecule has 2 nitrogen and oxygen atoms in total. The van der Waals surface area contributed by atoms with Crippen molar-refractivity contribution in [3.63, 3.8) is 0 Å². The summed E-state index contributed by atoms with van der Waals surface area (Å²) < 4.78 is 1.10. The van der Waals surface area contributed by atoms with Gasteiger partial charge in [-0.05, 0) is 37.5 Å². The van der Waals surface area contributed by atoms with Crippen LogP contribution in [0.25, 0.3) is 0 Å². The van der Waals surface area contributed by atoms with Crippen LogP contribution in [0.15, 0.2) is 28.7 Å². The van der Waals surface area contributed by atoms with Crippen LogP contribution in [0.2, 0.25) is 0 Å². The lowest BCUT2D eigenvalue weighted by molar-refractivity contribution is 0.0231. The van der Waals surface area contributed by atoms with Crippen LogP contribution < -0.4 is 5.32 Å². The van der Waals surface area contributed by atoms with E-state index in [9.17, 15) is 5.11 Å². The monoisotopic (exact) mass is 325 g/mol. The summed E-state index contributed by atoms with van der Waals surface area (Å²) in [6, 6.07) is 8.65. The third kappa shape index (κ3) is 4.59. The van der Waals surface area contributed by atoms with E-state index in [1.54, 1.807) is 0 Å². The zero-order valence-electron chi connectivity index (χ0n) is 11.7. The SMILES string of the molecule is CC(NCC1(O)CCCCCC1)c1ccc(Br)cc1. The number of hydrogen-bond acceptors (Lipinski definition) is 2. The van der Waals surface area contributed by atoms with Crippen molar-refractivity contribution in [2.24, 2.45) is 0 Å². The number of benzene rings is 1. The minimum Gasteiger partial charge on any atom is -0.389 e. The molecule has 0 spiro atoms. The summed E-state index contributed by atoms with van der Waals surface area (Å²) >= 11 is 3.45. The Kier molecular flexibility index (Phi) is 5.43. The molecule has 19 heavy (non-hydrogen) atoms. The molecule has 1 fully saturated rings. The Bertz CT molecular complexity index is 382. The molecule has 0 saturated heterocycles. The Morgan fingerprint density at radius 3 is 2.32 bits per heavy atom. The molecule has 0 aromatic heterocycles. The second-order valence-electron chi connectivity index (χ2n) is 5.79. The average Bonchev–Trinajstić information content (AvgIpc) is 2.62. The molecular weight excluding hydrogens is 302 g/mol. The van der Waals surface area contributed by atoms with Gasteiger partial charge in [-0.25, -0.2) is 0 Å². The zero-order valence-corrected chi connectivity index (χ0v) is 13.2. The fraction of sp³-hybridized carbons (Fsp3) is 0.625. The van der Waals surface area contributed by atoms with Gasteiger partial charge in [0.2, 0.25) is 0 Å². The first-order chi connectivity index (χ1) is 9.09. The zero-order chi connectivity index (χ0) is 13.7. The fourth-order valence-corrected chi connectivity index (χ4v) is 3.04. The van der Waals surface area contributed by atoms with Crippen LogP contribution in [-0.2, 0) is 0 Å². The molecule has 1 aliphatic carbocycles. The van der Waals surface area contributed by atoms with Gasteiger partial charge in [-0.3, -0.25) is 0 Å². The van der Waals surface area contributed by atoms with Crippen LogP contribution >= 0.6 is 15.9 Å². The third-order valence-corrected chi connectivity index (χ3v) is 4.67. The first-order valence-corrected chi connectivity index (χ1v) is 8.10. The van der Waals surface area contributed by atoms with Crippen molar-refractivity contribution >= 4 is 15.9 Å². The van der Waals surface area contributed by atoms with Crippen molar-refractivity contribution < 1.29 is 5.11 Å². The highest BCUT2D eigenvalue weighted by atomic mass is 79.9. The maximum atomic E-state index is 10.6. The van der Waals surface area contributed by atoms with Crippen molar-refractivity contribution in [2.75, 3.05) is 6.54 Å². The topological polar surface area (TPSA) is 32.3 Å². The smallest absolute Gasteiger partial charge is 0.0771 e. The highest BCUT2D eigenvalue weighted by Crippen LogP contribution is 2.27. The Balaban J connectivity index is 1.88. The van der Waals surface area contributed by atoms with Crippen molar-refractivity contribution in [1.82, 2.24) is 5.32 Å². The van der Waals surface area contributed by atoms with Gasteiger partial charge >= 0.3 is 0 Å². The third-order valence-electron chi connectivity index (χ3n) is 4.14. The van der Waals surface area contributed by atoms with Gasteiger partial charge in [0, 0.05) is 17.1 Å². The van der Waals surface area contributed by atoms with Crippen molar-refractivity contribution in [2.45, 2.75) is 57.1 Å². The maximum Gasteiger partial charge on any atom is 0.0771 e. The van der Waals surface area contributed by atoms with Gasteiger partial charge in [0.15, 0.2) is 0 Å². The van der Waals surface area contributed by atoms with Gasteiger partial charge in [0.1, 0.15) is 0 Å².